The van der Waals surface area contributed by atoms with Crippen molar-refractivity contribution in [2.75, 3.05) is 0 Å². The molecule has 0 bridgehead atoms. The second-order valence-corrected chi connectivity index (χ2v) is 8.15. The van der Waals surface area contributed by atoms with E-state index in [9.17, 15) is 4.57 Å². The van der Waals surface area contributed by atoms with E-state index in [0.29, 0.717) is 0 Å². The normalized spacial score (nSPS) is 12.0. The summed E-state index contributed by atoms with van der Waals surface area (Å²) in [5, 5.41) is -0.695. The van der Waals surface area contributed by atoms with Gasteiger partial charge in [0.05, 0.1) is 0 Å². The van der Waals surface area contributed by atoms with Gasteiger partial charge in [-0.05, 0) is 0 Å². The smallest absolute Gasteiger partial charge is 0.0622 e. The topological polar surface area (TPSA) is 17.1 Å². The van der Waals surface area contributed by atoms with Crippen LogP contribution in [0.2, 0.25) is 0 Å². The largest absolute Gasteiger partial charge is 0.437 e. The molecular weight excluding hydrogens is 355 g/mol. The fourth-order valence-electron chi connectivity index (χ4n) is 2.84. The van der Waals surface area contributed by atoms with E-state index in [2.05, 4.69) is 15.5 Å². The maximum atomic E-state index is 12.9. The Morgan fingerprint density at radius 2 is 0.864 bits per heavy atom. The van der Waals surface area contributed by atoms with Crippen LogP contribution in [0.3, 0.4) is 0 Å². The third kappa shape index (κ3) is 2.54. The molecule has 0 saturated heterocycles. The van der Waals surface area contributed by atoms with Gasteiger partial charge >= 0.3 is 6.50 Å². The van der Waals surface area contributed by atoms with Gasteiger partial charge in [0, 0.05) is 16.7 Å². The summed E-state index contributed by atoms with van der Waals surface area (Å²) >= 11 is 3.42. The number of hydrogen-bond acceptors (Lipinski definition) is 1. The Kier molecular flexibility index (Phi) is 4.52. The van der Waals surface area contributed by atoms with Gasteiger partial charge in [-0.2, -0.15) is 0 Å². The number of rotatable bonds is 4. The number of hydrogen-bond donors (Lipinski definition) is 0. The molecule has 108 valence electrons. The van der Waals surface area contributed by atoms with Gasteiger partial charge in [-0.15, -0.1) is 0 Å². The summed E-state index contributed by atoms with van der Waals surface area (Å²) in [6.45, 7) is -1.71. The fourth-order valence-corrected chi connectivity index (χ4v) is 5.74. The predicted molar refractivity (Wildman–Crippen MR) is 95.7 cm³/mol. The van der Waals surface area contributed by atoms with Crippen molar-refractivity contribution in [1.29, 1.82) is 0 Å². The molecule has 0 N–H and O–H groups in total. The van der Waals surface area contributed by atoms with E-state index in [4.69, 9.17) is 0 Å². The van der Waals surface area contributed by atoms with Crippen LogP contribution in [0.5, 0.6) is 0 Å². The number of benzene rings is 3. The van der Waals surface area contributed by atoms with E-state index >= 15 is 0 Å². The molecule has 0 heterocycles. The Morgan fingerprint density at radius 1 is 0.591 bits per heavy atom. The van der Waals surface area contributed by atoms with Crippen LogP contribution >= 0.6 is 22.0 Å². The minimum Gasteiger partial charge on any atom is -0.0622 e. The van der Waals surface area contributed by atoms with Crippen molar-refractivity contribution in [1.82, 2.24) is 0 Å². The first-order valence-corrected chi connectivity index (χ1v) is 10.3. The van der Waals surface area contributed by atoms with Crippen molar-refractivity contribution in [3.05, 3.63) is 108 Å². The molecular formula is C19H15BrOP+. The summed E-state index contributed by atoms with van der Waals surface area (Å²) in [7, 11) is 0. The van der Waals surface area contributed by atoms with Crippen LogP contribution in [-0.2, 0) is 9.72 Å². The highest BCUT2D eigenvalue weighted by atomic mass is 79.9. The van der Waals surface area contributed by atoms with E-state index in [1.807, 2.05) is 91.0 Å². The van der Waals surface area contributed by atoms with Gasteiger partial charge in [0.25, 0.3) is 20.6 Å². The first-order chi connectivity index (χ1) is 10.8. The average molecular weight is 370 g/mol. The summed E-state index contributed by atoms with van der Waals surface area (Å²) in [6, 6.07) is 30.1. The van der Waals surface area contributed by atoms with E-state index in [1.54, 1.807) is 0 Å². The summed E-state index contributed by atoms with van der Waals surface area (Å²) in [6.07, 6.45) is 0. The fraction of sp³-hybridized carbons (Fsp3) is 0.0526. The Hall–Kier alpha value is -1.76. The molecule has 3 aromatic carbocycles. The molecule has 0 aromatic heterocycles. The molecule has 0 fully saturated rings. The first kappa shape index (κ1) is 15.1. The standard InChI is InChI=1S/C19H15BrOP/c20-22(21)19(16-10-4-1-5-11-16,17-12-6-2-7-13-17)18-14-8-3-9-15-18/h1-15H/q+1. The molecule has 3 rings (SSSR count). The van der Waals surface area contributed by atoms with Crippen molar-refractivity contribution >= 4 is 22.0 Å². The molecule has 0 radical (unpaired) electrons. The van der Waals surface area contributed by atoms with Gasteiger partial charge in [-0.25, -0.2) is 0 Å². The quantitative estimate of drug-likeness (QED) is 0.400. The second-order valence-electron chi connectivity index (χ2n) is 5.05. The lowest BCUT2D eigenvalue weighted by atomic mass is 9.84. The Bertz CT molecular complexity index is 661. The molecule has 22 heavy (non-hydrogen) atoms. The molecule has 0 spiro atoms. The van der Waals surface area contributed by atoms with E-state index in [1.165, 1.54) is 0 Å². The maximum absolute atomic E-state index is 12.9. The zero-order chi connectivity index (χ0) is 15.4. The minimum absolute atomic E-state index is 0.695. The van der Waals surface area contributed by atoms with Crippen LogP contribution in [0.1, 0.15) is 16.7 Å². The monoisotopic (exact) mass is 369 g/mol. The molecule has 1 unspecified atom stereocenters. The van der Waals surface area contributed by atoms with Crippen molar-refractivity contribution < 1.29 is 4.57 Å². The van der Waals surface area contributed by atoms with Crippen molar-refractivity contribution in [3.8, 4) is 0 Å². The zero-order valence-corrected chi connectivity index (χ0v) is 14.4. The molecule has 3 heteroatoms. The predicted octanol–water partition coefficient (Wildman–Crippen LogP) is 6.12. The van der Waals surface area contributed by atoms with Gasteiger partial charge in [0.15, 0.2) is 0 Å². The van der Waals surface area contributed by atoms with Gasteiger partial charge in [-0.3, -0.25) is 0 Å². The van der Waals surface area contributed by atoms with Gasteiger partial charge < -0.3 is 0 Å². The van der Waals surface area contributed by atoms with Crippen LogP contribution in [0, 0.1) is 0 Å². The zero-order valence-electron chi connectivity index (χ0n) is 11.9. The highest BCUT2D eigenvalue weighted by Crippen LogP contribution is 2.60. The molecule has 0 saturated carbocycles. The maximum Gasteiger partial charge on any atom is 0.437 e. The summed E-state index contributed by atoms with van der Waals surface area (Å²) < 4.78 is 12.9. The van der Waals surface area contributed by atoms with Crippen LogP contribution in [0.4, 0.5) is 0 Å². The van der Waals surface area contributed by atoms with Crippen molar-refractivity contribution in [2.45, 2.75) is 5.16 Å². The highest BCUT2D eigenvalue weighted by molar-refractivity contribution is 9.37. The third-order valence-corrected chi connectivity index (χ3v) is 6.74. The first-order valence-electron chi connectivity index (χ1n) is 7.06. The minimum atomic E-state index is -1.71. The molecule has 0 aliphatic carbocycles. The van der Waals surface area contributed by atoms with E-state index in [-0.39, 0.29) is 0 Å². The van der Waals surface area contributed by atoms with Crippen molar-refractivity contribution in [2.24, 2.45) is 0 Å². The van der Waals surface area contributed by atoms with Crippen LogP contribution < -0.4 is 0 Å². The third-order valence-electron chi connectivity index (χ3n) is 3.84. The summed E-state index contributed by atoms with van der Waals surface area (Å²) in [4.78, 5) is 0. The van der Waals surface area contributed by atoms with E-state index in [0.717, 1.165) is 16.7 Å². The summed E-state index contributed by atoms with van der Waals surface area (Å²) in [5.41, 5.74) is 3.06. The number of halogens is 1. The second kappa shape index (κ2) is 6.56. The SMILES string of the molecule is O=[P+](Br)C(c1ccccc1)(c1ccccc1)c1ccccc1. The van der Waals surface area contributed by atoms with E-state index < -0.39 is 11.7 Å². The van der Waals surface area contributed by atoms with Crippen LogP contribution in [-0.4, -0.2) is 0 Å². The Morgan fingerprint density at radius 3 is 1.09 bits per heavy atom. The van der Waals surface area contributed by atoms with Crippen LogP contribution in [0.15, 0.2) is 91.0 Å². The Balaban J connectivity index is 2.37. The summed E-state index contributed by atoms with van der Waals surface area (Å²) in [5.74, 6) is 0. The lowest BCUT2D eigenvalue weighted by Crippen LogP contribution is -2.24. The Labute approximate surface area is 139 Å². The van der Waals surface area contributed by atoms with Crippen molar-refractivity contribution in [3.63, 3.8) is 0 Å². The van der Waals surface area contributed by atoms with Crippen LogP contribution in [0.25, 0.3) is 0 Å². The highest BCUT2D eigenvalue weighted by Gasteiger charge is 2.52. The molecule has 1 atom stereocenters. The lowest BCUT2D eigenvalue weighted by Gasteiger charge is -2.24. The molecule has 1 nitrogen and oxygen atoms in total. The lowest BCUT2D eigenvalue weighted by molar-refractivity contribution is 0.584. The molecule has 3 aromatic rings. The molecule has 0 aliphatic heterocycles. The molecule has 0 amide bonds. The average Bonchev–Trinajstić information content (AvgIpc) is 2.58. The van der Waals surface area contributed by atoms with Gasteiger partial charge in [0.1, 0.15) is 0 Å². The van der Waals surface area contributed by atoms with Gasteiger partial charge in [-0.1, -0.05) is 95.6 Å². The van der Waals surface area contributed by atoms with Gasteiger partial charge in [0.2, 0.25) is 0 Å². The molecule has 0 aliphatic rings.